The second-order valence-electron chi connectivity index (χ2n) is 6.69. The van der Waals surface area contributed by atoms with Crippen LogP contribution in [-0.4, -0.2) is 38.4 Å². The third-order valence-corrected chi connectivity index (χ3v) is 5.79. The molecular weight excluding hydrogens is 391 g/mol. The maximum atomic E-state index is 12.7. The van der Waals surface area contributed by atoms with E-state index in [1.807, 2.05) is 35.0 Å². The van der Waals surface area contributed by atoms with Gasteiger partial charge in [-0.05, 0) is 25.0 Å². The van der Waals surface area contributed by atoms with E-state index in [0.29, 0.717) is 37.5 Å². The van der Waals surface area contributed by atoms with Gasteiger partial charge in [-0.1, -0.05) is 6.07 Å². The maximum Gasteiger partial charge on any atom is 0.434 e. The van der Waals surface area contributed by atoms with E-state index in [2.05, 4.69) is 15.3 Å². The molecule has 6 nitrogen and oxygen atoms in total. The summed E-state index contributed by atoms with van der Waals surface area (Å²) in [5.74, 6) is -0.0383. The van der Waals surface area contributed by atoms with E-state index < -0.39 is 11.9 Å². The molecule has 148 valence electrons. The van der Waals surface area contributed by atoms with Gasteiger partial charge < -0.3 is 14.6 Å². The molecule has 1 saturated heterocycles. The Bertz CT molecular complexity index is 942. The van der Waals surface area contributed by atoms with Gasteiger partial charge in [0.15, 0.2) is 5.69 Å². The smallest absolute Gasteiger partial charge is 0.332 e. The summed E-state index contributed by atoms with van der Waals surface area (Å²) in [6.45, 7) is 1.30. The molecule has 3 aromatic heterocycles. The highest BCUT2D eigenvalue weighted by atomic mass is 32.1. The number of alkyl halides is 3. The number of likely N-dealkylation sites (tertiary alicyclic amines) is 1. The molecule has 1 N–H and O–H groups in total. The van der Waals surface area contributed by atoms with Crippen LogP contribution in [0.3, 0.4) is 0 Å². The van der Waals surface area contributed by atoms with Crippen molar-refractivity contribution < 1.29 is 18.0 Å². The number of piperidine rings is 1. The number of carbonyl (C=O) groups excluding carboxylic acids is 1. The van der Waals surface area contributed by atoms with E-state index in [1.165, 1.54) is 0 Å². The van der Waals surface area contributed by atoms with Crippen molar-refractivity contribution in [2.24, 2.45) is 0 Å². The largest absolute Gasteiger partial charge is 0.434 e. The number of hydrogen-bond acceptors (Lipinski definition) is 4. The zero-order chi connectivity index (χ0) is 19.7. The zero-order valence-electron chi connectivity index (χ0n) is 14.8. The fraction of sp³-hybridized carbons (Fsp3) is 0.389. The third-order valence-electron chi connectivity index (χ3n) is 4.78. The Balaban J connectivity index is 1.29. The normalized spacial score (nSPS) is 15.9. The molecule has 0 saturated carbocycles. The molecule has 0 aromatic carbocycles. The summed E-state index contributed by atoms with van der Waals surface area (Å²) in [6.07, 6.45) is 0.552. The Morgan fingerprint density at radius 2 is 2.04 bits per heavy atom. The molecule has 1 aliphatic rings. The number of fused-ring (bicyclic) bond motifs is 1. The fourth-order valence-electron chi connectivity index (χ4n) is 3.29. The van der Waals surface area contributed by atoms with Gasteiger partial charge in [0.25, 0.3) is 0 Å². The molecule has 2 amide bonds. The zero-order valence-corrected chi connectivity index (χ0v) is 15.6. The van der Waals surface area contributed by atoms with Crippen LogP contribution in [-0.2, 0) is 12.7 Å². The van der Waals surface area contributed by atoms with Crippen LogP contribution in [0.5, 0.6) is 0 Å². The quantitative estimate of drug-likeness (QED) is 0.714. The number of rotatable bonds is 3. The summed E-state index contributed by atoms with van der Waals surface area (Å²) in [4.78, 5) is 22.2. The number of nitrogens with one attached hydrogen (secondary N) is 1. The van der Waals surface area contributed by atoms with Crippen LogP contribution in [0.15, 0.2) is 36.0 Å². The summed E-state index contributed by atoms with van der Waals surface area (Å²) in [7, 11) is 0. The Labute approximate surface area is 163 Å². The molecule has 0 radical (unpaired) electrons. The lowest BCUT2D eigenvalue weighted by molar-refractivity contribution is -0.140. The SMILES string of the molecule is O=C(NCc1cn2ccccc2n1)N1CCC(c2nc(C(F)(F)F)cs2)CC1. The predicted molar refractivity (Wildman–Crippen MR) is 98.1 cm³/mol. The molecule has 1 fully saturated rings. The van der Waals surface area contributed by atoms with Crippen LogP contribution >= 0.6 is 11.3 Å². The minimum absolute atomic E-state index is 0.0383. The minimum atomic E-state index is -4.41. The number of imidazole rings is 1. The van der Waals surface area contributed by atoms with Crippen molar-refractivity contribution in [2.45, 2.75) is 31.5 Å². The predicted octanol–water partition coefficient (Wildman–Crippen LogP) is 3.90. The lowest BCUT2D eigenvalue weighted by Gasteiger charge is -2.31. The molecule has 1 aliphatic heterocycles. The highest BCUT2D eigenvalue weighted by molar-refractivity contribution is 7.09. The first kappa shape index (κ1) is 18.7. The van der Waals surface area contributed by atoms with E-state index in [0.717, 1.165) is 28.1 Å². The van der Waals surface area contributed by atoms with Crippen molar-refractivity contribution in [3.8, 4) is 0 Å². The number of thiazole rings is 1. The highest BCUT2D eigenvalue weighted by Crippen LogP contribution is 2.35. The van der Waals surface area contributed by atoms with Gasteiger partial charge in [0.05, 0.1) is 17.2 Å². The van der Waals surface area contributed by atoms with Crippen molar-refractivity contribution in [1.29, 1.82) is 0 Å². The average molecular weight is 409 g/mol. The van der Waals surface area contributed by atoms with E-state index in [9.17, 15) is 18.0 Å². The average Bonchev–Trinajstić information content (AvgIpc) is 3.33. The molecule has 10 heteroatoms. The first-order chi connectivity index (χ1) is 13.4. The molecular formula is C18H18F3N5OS. The summed E-state index contributed by atoms with van der Waals surface area (Å²) in [5, 5.41) is 4.41. The lowest BCUT2D eigenvalue weighted by atomic mass is 9.98. The van der Waals surface area contributed by atoms with Crippen molar-refractivity contribution in [1.82, 2.24) is 24.6 Å². The number of halogens is 3. The highest BCUT2D eigenvalue weighted by Gasteiger charge is 2.35. The van der Waals surface area contributed by atoms with E-state index in [-0.39, 0.29) is 11.9 Å². The van der Waals surface area contributed by atoms with Crippen LogP contribution in [0.4, 0.5) is 18.0 Å². The van der Waals surface area contributed by atoms with Gasteiger partial charge in [-0.3, -0.25) is 0 Å². The molecule has 4 rings (SSSR count). The Hall–Kier alpha value is -2.62. The number of urea groups is 1. The molecule has 28 heavy (non-hydrogen) atoms. The van der Waals surface area contributed by atoms with Gasteiger partial charge >= 0.3 is 12.2 Å². The van der Waals surface area contributed by atoms with E-state index in [4.69, 9.17) is 0 Å². The van der Waals surface area contributed by atoms with Gasteiger partial charge in [-0.2, -0.15) is 13.2 Å². The van der Waals surface area contributed by atoms with Crippen LogP contribution in [0.25, 0.3) is 5.65 Å². The van der Waals surface area contributed by atoms with Crippen LogP contribution in [0.1, 0.15) is 35.2 Å². The molecule has 0 unspecified atom stereocenters. The standard InChI is InChI=1S/C18H18F3N5OS/c19-18(20,21)14-11-28-16(24-14)12-4-7-25(8-5-12)17(27)22-9-13-10-26-6-2-1-3-15(26)23-13/h1-3,6,10-12H,4-5,7-9H2,(H,22,27). The Morgan fingerprint density at radius 3 is 2.71 bits per heavy atom. The number of pyridine rings is 1. The number of nitrogens with zero attached hydrogens (tertiary/aromatic N) is 4. The molecule has 0 atom stereocenters. The van der Waals surface area contributed by atoms with Gasteiger partial charge in [-0.15, -0.1) is 11.3 Å². The molecule has 0 spiro atoms. The fourth-order valence-corrected chi connectivity index (χ4v) is 4.28. The van der Waals surface area contributed by atoms with Crippen LogP contribution in [0, 0.1) is 0 Å². The molecule has 3 aromatic rings. The van der Waals surface area contributed by atoms with Gasteiger partial charge in [-0.25, -0.2) is 14.8 Å². The van der Waals surface area contributed by atoms with Crippen LogP contribution < -0.4 is 5.32 Å². The number of aromatic nitrogens is 3. The number of hydrogen-bond donors (Lipinski definition) is 1. The second kappa shape index (κ2) is 7.42. The van der Waals surface area contributed by atoms with Crippen molar-refractivity contribution in [3.05, 3.63) is 52.4 Å². The van der Waals surface area contributed by atoms with Crippen molar-refractivity contribution in [2.75, 3.05) is 13.1 Å². The first-order valence-electron chi connectivity index (χ1n) is 8.88. The summed E-state index contributed by atoms with van der Waals surface area (Å²) >= 11 is 1.04. The number of carbonyl (C=O) groups is 1. The van der Waals surface area contributed by atoms with Gasteiger partial charge in [0.1, 0.15) is 5.65 Å². The Morgan fingerprint density at radius 1 is 1.25 bits per heavy atom. The molecule has 0 bridgehead atoms. The topological polar surface area (TPSA) is 62.5 Å². The van der Waals surface area contributed by atoms with E-state index >= 15 is 0 Å². The third kappa shape index (κ3) is 3.96. The van der Waals surface area contributed by atoms with Crippen LogP contribution in [0.2, 0.25) is 0 Å². The minimum Gasteiger partial charge on any atom is -0.332 e. The maximum absolute atomic E-state index is 12.7. The second-order valence-corrected chi connectivity index (χ2v) is 7.58. The summed E-state index contributed by atoms with van der Waals surface area (Å²) in [5.41, 5.74) is 0.742. The van der Waals surface area contributed by atoms with Crippen molar-refractivity contribution in [3.63, 3.8) is 0 Å². The monoisotopic (exact) mass is 409 g/mol. The van der Waals surface area contributed by atoms with Gasteiger partial charge in [0, 0.05) is 36.8 Å². The molecule has 0 aliphatic carbocycles. The molecule has 4 heterocycles. The van der Waals surface area contributed by atoms with Crippen molar-refractivity contribution >= 4 is 23.0 Å². The summed E-state index contributed by atoms with van der Waals surface area (Å²) in [6, 6.07) is 5.50. The lowest BCUT2D eigenvalue weighted by Crippen LogP contribution is -2.43. The van der Waals surface area contributed by atoms with Gasteiger partial charge in [0.2, 0.25) is 0 Å². The number of amides is 2. The summed E-state index contributed by atoms with van der Waals surface area (Å²) < 4.78 is 40.0. The Kier molecular flexibility index (Phi) is 4.96. The van der Waals surface area contributed by atoms with E-state index in [1.54, 1.807) is 4.90 Å². The first-order valence-corrected chi connectivity index (χ1v) is 9.76.